The minimum atomic E-state index is -3.95. The van der Waals surface area contributed by atoms with Gasteiger partial charge in [0.05, 0.1) is 4.92 Å². The second kappa shape index (κ2) is 10.7. The van der Waals surface area contributed by atoms with Crippen LogP contribution >= 0.6 is 0 Å². The van der Waals surface area contributed by atoms with E-state index in [1.165, 1.54) is 34.6 Å². The van der Waals surface area contributed by atoms with Crippen molar-refractivity contribution in [2.24, 2.45) is 0 Å². The van der Waals surface area contributed by atoms with Crippen molar-refractivity contribution in [2.75, 3.05) is 26.2 Å². The summed E-state index contributed by atoms with van der Waals surface area (Å²) in [7, 11) is -3.95. The van der Waals surface area contributed by atoms with Crippen LogP contribution in [0.5, 0.6) is 0 Å². The first-order valence-corrected chi connectivity index (χ1v) is 10.6. The maximum absolute atomic E-state index is 13.8. The molecule has 2 aromatic rings. The standard InChI is InChI=1S/C17H18FN3O4S.C2H2O4/c18-15-6-2-1-5-14(15)13-19-9-11-20(12-10-19)26(24,25)17-8-4-3-7-16(17)21(22)23;3-1(4)2(5)6/h1-8H,9-13H2;(H,3,4)(H,5,6). The molecule has 11 nitrogen and oxygen atoms in total. The first-order valence-electron chi connectivity index (χ1n) is 9.19. The fourth-order valence-corrected chi connectivity index (χ4v) is 4.54. The molecule has 0 atom stereocenters. The molecule has 1 saturated heterocycles. The number of carbonyl (C=O) groups is 2. The van der Waals surface area contributed by atoms with Crippen LogP contribution in [-0.2, 0) is 26.2 Å². The molecule has 0 unspecified atom stereocenters. The third kappa shape index (κ3) is 6.29. The lowest BCUT2D eigenvalue weighted by atomic mass is 10.2. The molecule has 1 aliphatic rings. The van der Waals surface area contributed by atoms with Crippen molar-refractivity contribution in [1.82, 2.24) is 9.21 Å². The molecule has 0 saturated carbocycles. The predicted molar refractivity (Wildman–Crippen MR) is 109 cm³/mol. The largest absolute Gasteiger partial charge is 0.473 e. The Morgan fingerprint density at radius 1 is 0.969 bits per heavy atom. The van der Waals surface area contributed by atoms with Crippen LogP contribution in [0.15, 0.2) is 53.4 Å². The molecule has 3 rings (SSSR count). The van der Waals surface area contributed by atoms with Crippen LogP contribution in [0.1, 0.15) is 5.56 Å². The number of nitro benzene ring substituents is 1. The average molecular weight is 469 g/mol. The Bertz CT molecular complexity index is 1090. The van der Waals surface area contributed by atoms with Crippen molar-refractivity contribution in [3.05, 3.63) is 70.0 Å². The first-order chi connectivity index (χ1) is 15.0. The number of piperazine rings is 1. The minimum absolute atomic E-state index is 0.197. The number of hydrogen-bond acceptors (Lipinski definition) is 7. The summed E-state index contributed by atoms with van der Waals surface area (Å²) in [5.74, 6) is -3.94. The number of carboxylic acid groups (broad SMARTS) is 2. The summed E-state index contributed by atoms with van der Waals surface area (Å²) in [5, 5.41) is 25.9. The monoisotopic (exact) mass is 469 g/mol. The maximum atomic E-state index is 13.8. The van der Waals surface area contributed by atoms with Gasteiger partial charge in [0.15, 0.2) is 4.90 Å². The number of aliphatic carboxylic acids is 2. The van der Waals surface area contributed by atoms with Crippen molar-refractivity contribution >= 4 is 27.6 Å². The molecular weight excluding hydrogens is 449 g/mol. The Hall–Kier alpha value is -3.42. The Morgan fingerprint density at radius 2 is 1.50 bits per heavy atom. The highest BCUT2D eigenvalue weighted by Gasteiger charge is 2.33. The van der Waals surface area contributed by atoms with E-state index in [0.717, 1.165) is 0 Å². The molecule has 1 fully saturated rings. The molecule has 0 amide bonds. The van der Waals surface area contributed by atoms with E-state index in [-0.39, 0.29) is 23.8 Å². The molecule has 0 spiro atoms. The molecule has 32 heavy (non-hydrogen) atoms. The molecular formula is C19H20FN3O8S. The van der Waals surface area contributed by atoms with Gasteiger partial charge in [-0.3, -0.25) is 15.0 Å². The number of carboxylic acids is 2. The second-order valence-electron chi connectivity index (χ2n) is 6.61. The van der Waals surface area contributed by atoms with Crippen molar-refractivity contribution in [1.29, 1.82) is 0 Å². The molecule has 1 aliphatic heterocycles. The molecule has 13 heteroatoms. The van der Waals surface area contributed by atoms with Gasteiger partial charge in [-0.25, -0.2) is 22.4 Å². The van der Waals surface area contributed by atoms with Crippen LogP contribution in [0.2, 0.25) is 0 Å². The summed E-state index contributed by atoms with van der Waals surface area (Å²) in [5.41, 5.74) is 0.129. The van der Waals surface area contributed by atoms with E-state index >= 15 is 0 Å². The number of benzene rings is 2. The Morgan fingerprint density at radius 3 is 2.03 bits per heavy atom. The maximum Gasteiger partial charge on any atom is 0.414 e. The van der Waals surface area contributed by atoms with Gasteiger partial charge in [-0.15, -0.1) is 0 Å². The Kier molecular flexibility index (Phi) is 8.34. The topological polar surface area (TPSA) is 158 Å². The van der Waals surface area contributed by atoms with Crippen molar-refractivity contribution < 1.29 is 37.5 Å². The van der Waals surface area contributed by atoms with E-state index < -0.39 is 32.6 Å². The molecule has 2 aromatic carbocycles. The number of halogens is 1. The van der Waals surface area contributed by atoms with Gasteiger partial charge in [0.2, 0.25) is 10.0 Å². The number of rotatable bonds is 5. The highest BCUT2D eigenvalue weighted by atomic mass is 32.2. The Balaban J connectivity index is 0.000000534. The summed E-state index contributed by atoms with van der Waals surface area (Å²) in [6.45, 7) is 1.64. The lowest BCUT2D eigenvalue weighted by Crippen LogP contribution is -2.48. The third-order valence-electron chi connectivity index (χ3n) is 4.55. The number of nitrogens with zero attached hydrogens (tertiary/aromatic N) is 3. The summed E-state index contributed by atoms with van der Waals surface area (Å²) in [6, 6.07) is 11.8. The predicted octanol–water partition coefficient (Wildman–Crippen LogP) is 1.40. The van der Waals surface area contributed by atoms with Gasteiger partial charge in [-0.05, 0) is 12.1 Å². The third-order valence-corrected chi connectivity index (χ3v) is 6.49. The highest BCUT2D eigenvalue weighted by Crippen LogP contribution is 2.27. The van der Waals surface area contributed by atoms with E-state index in [1.807, 2.05) is 4.90 Å². The van der Waals surface area contributed by atoms with Gasteiger partial charge in [-0.1, -0.05) is 30.3 Å². The smallest absolute Gasteiger partial charge is 0.414 e. The van der Waals surface area contributed by atoms with Gasteiger partial charge < -0.3 is 10.2 Å². The van der Waals surface area contributed by atoms with E-state index in [0.29, 0.717) is 25.2 Å². The average Bonchev–Trinajstić information content (AvgIpc) is 2.76. The van der Waals surface area contributed by atoms with Gasteiger partial charge in [0.1, 0.15) is 5.82 Å². The van der Waals surface area contributed by atoms with Crippen LogP contribution in [0.4, 0.5) is 10.1 Å². The van der Waals surface area contributed by atoms with Gasteiger partial charge in [-0.2, -0.15) is 4.31 Å². The zero-order chi connectivity index (χ0) is 23.9. The van der Waals surface area contributed by atoms with E-state index in [4.69, 9.17) is 19.8 Å². The van der Waals surface area contributed by atoms with Crippen LogP contribution in [0, 0.1) is 15.9 Å². The van der Waals surface area contributed by atoms with Crippen LogP contribution in [0.3, 0.4) is 0 Å². The molecule has 2 N–H and O–H groups in total. The molecule has 0 bridgehead atoms. The van der Waals surface area contributed by atoms with Crippen molar-refractivity contribution in [3.8, 4) is 0 Å². The van der Waals surface area contributed by atoms with Gasteiger partial charge in [0, 0.05) is 44.4 Å². The number of nitro groups is 1. The number of hydrogen-bond donors (Lipinski definition) is 2. The van der Waals surface area contributed by atoms with E-state index in [1.54, 1.807) is 18.2 Å². The second-order valence-corrected chi connectivity index (χ2v) is 8.51. The lowest BCUT2D eigenvalue weighted by Gasteiger charge is -2.33. The minimum Gasteiger partial charge on any atom is -0.473 e. The molecule has 0 aromatic heterocycles. The van der Waals surface area contributed by atoms with Crippen molar-refractivity contribution in [2.45, 2.75) is 11.4 Å². The fourth-order valence-electron chi connectivity index (χ4n) is 2.96. The zero-order valence-electron chi connectivity index (χ0n) is 16.6. The molecule has 0 aliphatic carbocycles. The summed E-state index contributed by atoms with van der Waals surface area (Å²) < 4.78 is 40.5. The van der Waals surface area contributed by atoms with Gasteiger partial charge >= 0.3 is 11.9 Å². The number of sulfonamides is 1. The summed E-state index contributed by atoms with van der Waals surface area (Å²) in [6.07, 6.45) is 0. The fraction of sp³-hybridized carbons (Fsp3) is 0.263. The normalized spacial score (nSPS) is 14.8. The SMILES string of the molecule is O=C(O)C(=O)O.O=[N+]([O-])c1ccccc1S(=O)(=O)N1CCN(Cc2ccccc2F)CC1. The van der Waals surface area contributed by atoms with Crippen LogP contribution < -0.4 is 0 Å². The first kappa shape index (κ1) is 24.8. The molecule has 1 heterocycles. The summed E-state index contributed by atoms with van der Waals surface area (Å²) >= 11 is 0. The van der Waals surface area contributed by atoms with Crippen LogP contribution in [-0.4, -0.2) is 70.9 Å². The summed E-state index contributed by atoms with van der Waals surface area (Å²) in [4.78, 5) is 30.3. The zero-order valence-corrected chi connectivity index (χ0v) is 17.4. The van der Waals surface area contributed by atoms with Crippen molar-refractivity contribution in [3.63, 3.8) is 0 Å². The number of para-hydroxylation sites is 1. The lowest BCUT2D eigenvalue weighted by molar-refractivity contribution is -0.387. The highest BCUT2D eigenvalue weighted by molar-refractivity contribution is 7.89. The molecule has 0 radical (unpaired) electrons. The van der Waals surface area contributed by atoms with E-state index in [2.05, 4.69) is 0 Å². The van der Waals surface area contributed by atoms with Crippen LogP contribution in [0.25, 0.3) is 0 Å². The Labute approximate surface area is 182 Å². The molecule has 172 valence electrons. The van der Waals surface area contributed by atoms with Gasteiger partial charge in [0.25, 0.3) is 5.69 Å². The quantitative estimate of drug-likeness (QED) is 0.375. The van der Waals surface area contributed by atoms with E-state index in [9.17, 15) is 22.9 Å².